The minimum atomic E-state index is -0.259. The first-order valence-electron chi connectivity index (χ1n) is 10.0. The van der Waals surface area contributed by atoms with Crippen molar-refractivity contribution in [1.82, 2.24) is 5.32 Å². The summed E-state index contributed by atoms with van der Waals surface area (Å²) < 4.78 is 6.67. The van der Waals surface area contributed by atoms with Crippen LogP contribution in [0.5, 0.6) is 0 Å². The second-order valence-electron chi connectivity index (χ2n) is 8.88. The lowest BCUT2D eigenvalue weighted by atomic mass is 9.87. The van der Waals surface area contributed by atoms with E-state index in [0.29, 0.717) is 0 Å². The third kappa shape index (κ3) is 3.21. The summed E-state index contributed by atoms with van der Waals surface area (Å²) in [6.45, 7) is 10.1. The van der Waals surface area contributed by atoms with Crippen molar-refractivity contribution in [2.45, 2.75) is 70.6 Å². The summed E-state index contributed by atoms with van der Waals surface area (Å²) >= 11 is 0. The summed E-state index contributed by atoms with van der Waals surface area (Å²) in [4.78, 5) is 0. The molecule has 0 aromatic heterocycles. The molecule has 0 aliphatic carbocycles. The largest absolute Gasteiger partial charge is 0.363 e. The molecule has 0 fully saturated rings. The van der Waals surface area contributed by atoms with Gasteiger partial charge in [-0.25, -0.2) is 0 Å². The molecule has 2 aromatic rings. The van der Waals surface area contributed by atoms with Crippen molar-refractivity contribution < 1.29 is 4.74 Å². The number of rotatable bonds is 1. The third-order valence-electron chi connectivity index (χ3n) is 6.14. The average molecular weight is 350 g/mol. The second-order valence-corrected chi connectivity index (χ2v) is 8.88. The zero-order chi connectivity index (χ0) is 18.4. The van der Waals surface area contributed by atoms with E-state index in [1.807, 2.05) is 0 Å². The molecular formula is C24H31NO. The van der Waals surface area contributed by atoms with Crippen LogP contribution in [0.3, 0.4) is 0 Å². The molecule has 0 radical (unpaired) electrons. The van der Waals surface area contributed by atoms with Crippen LogP contribution in [0.25, 0.3) is 0 Å². The maximum absolute atomic E-state index is 6.67. The van der Waals surface area contributed by atoms with E-state index in [4.69, 9.17) is 4.74 Å². The first-order valence-corrected chi connectivity index (χ1v) is 10.0. The lowest BCUT2D eigenvalue weighted by molar-refractivity contribution is -0.0766. The molecule has 2 aromatic carbocycles. The van der Waals surface area contributed by atoms with E-state index in [0.717, 1.165) is 25.8 Å². The maximum Gasteiger partial charge on any atom is 0.0886 e. The summed E-state index contributed by atoms with van der Waals surface area (Å²) in [6.07, 6.45) is 4.62. The molecule has 0 bridgehead atoms. The van der Waals surface area contributed by atoms with Crippen molar-refractivity contribution in [2.24, 2.45) is 0 Å². The van der Waals surface area contributed by atoms with Gasteiger partial charge < -0.3 is 10.1 Å². The fourth-order valence-electron chi connectivity index (χ4n) is 4.73. The Morgan fingerprint density at radius 3 is 2.58 bits per heavy atom. The molecular weight excluding hydrogens is 318 g/mol. The highest BCUT2D eigenvalue weighted by molar-refractivity contribution is 5.39. The average Bonchev–Trinajstić information content (AvgIpc) is 2.85. The quantitative estimate of drug-likeness (QED) is 0.744. The van der Waals surface area contributed by atoms with Gasteiger partial charge in [-0.1, -0.05) is 42.5 Å². The number of hydrogen-bond acceptors (Lipinski definition) is 2. The van der Waals surface area contributed by atoms with Crippen molar-refractivity contribution >= 4 is 0 Å². The molecule has 2 aliphatic rings. The van der Waals surface area contributed by atoms with Gasteiger partial charge in [0.2, 0.25) is 0 Å². The topological polar surface area (TPSA) is 21.3 Å². The zero-order valence-corrected chi connectivity index (χ0v) is 16.6. The van der Waals surface area contributed by atoms with E-state index in [2.05, 4.69) is 75.5 Å². The van der Waals surface area contributed by atoms with Crippen molar-refractivity contribution in [3.05, 3.63) is 70.3 Å². The van der Waals surface area contributed by atoms with Crippen LogP contribution in [-0.4, -0.2) is 6.54 Å². The van der Waals surface area contributed by atoms with E-state index in [1.165, 1.54) is 34.2 Å². The highest BCUT2D eigenvalue weighted by Crippen LogP contribution is 2.40. The van der Waals surface area contributed by atoms with Crippen molar-refractivity contribution in [3.8, 4) is 0 Å². The van der Waals surface area contributed by atoms with Crippen LogP contribution in [0.4, 0.5) is 0 Å². The van der Waals surface area contributed by atoms with Gasteiger partial charge in [0.25, 0.3) is 0 Å². The first-order chi connectivity index (χ1) is 12.4. The Morgan fingerprint density at radius 2 is 1.73 bits per heavy atom. The number of fused-ring (bicyclic) bond motifs is 2. The molecule has 26 heavy (non-hydrogen) atoms. The summed E-state index contributed by atoms with van der Waals surface area (Å²) in [5.41, 5.74) is 6.82. The zero-order valence-electron chi connectivity index (χ0n) is 16.6. The van der Waals surface area contributed by atoms with Gasteiger partial charge in [0, 0.05) is 5.54 Å². The minimum absolute atomic E-state index is 0.0458. The van der Waals surface area contributed by atoms with E-state index in [1.54, 1.807) is 0 Å². The first kappa shape index (κ1) is 17.8. The molecule has 0 saturated carbocycles. The van der Waals surface area contributed by atoms with Crippen molar-refractivity contribution in [1.29, 1.82) is 0 Å². The highest BCUT2D eigenvalue weighted by atomic mass is 16.5. The van der Waals surface area contributed by atoms with Gasteiger partial charge in [-0.05, 0) is 87.7 Å². The summed E-state index contributed by atoms with van der Waals surface area (Å²) in [5.74, 6) is 0. The molecule has 2 heteroatoms. The minimum Gasteiger partial charge on any atom is -0.363 e. The molecule has 0 spiro atoms. The van der Waals surface area contributed by atoms with Gasteiger partial charge >= 0.3 is 0 Å². The number of benzene rings is 2. The molecule has 0 saturated heterocycles. The lowest BCUT2D eigenvalue weighted by Crippen LogP contribution is -2.36. The third-order valence-corrected chi connectivity index (χ3v) is 6.14. The van der Waals surface area contributed by atoms with Crippen LogP contribution in [0.1, 0.15) is 74.5 Å². The second kappa shape index (κ2) is 6.51. The van der Waals surface area contributed by atoms with E-state index in [-0.39, 0.29) is 17.2 Å². The van der Waals surface area contributed by atoms with Gasteiger partial charge in [-0.15, -0.1) is 0 Å². The number of ether oxygens (including phenoxy) is 1. The molecule has 1 atom stereocenters. The van der Waals surface area contributed by atoms with Gasteiger partial charge in [-0.2, -0.15) is 0 Å². The van der Waals surface area contributed by atoms with E-state index >= 15 is 0 Å². The smallest absolute Gasteiger partial charge is 0.0886 e. The Kier molecular flexibility index (Phi) is 4.45. The van der Waals surface area contributed by atoms with Crippen LogP contribution in [0.2, 0.25) is 0 Å². The number of nitrogens with one attached hydrogen (secondary N) is 1. The molecule has 2 aliphatic heterocycles. The standard InChI is InChI=1S/C24H31NO/c1-23(2)20-13-11-19(16-18(20)9-7-15-25-23)22-14-12-17-8-5-6-10-21(17)24(3,4)26-22/h5-6,8,10-11,13,16,22,25H,7,9,12,14-15H2,1-4H3. The predicted molar refractivity (Wildman–Crippen MR) is 107 cm³/mol. The maximum atomic E-state index is 6.67. The molecule has 4 rings (SSSR count). The van der Waals surface area contributed by atoms with Crippen LogP contribution in [0, 0.1) is 0 Å². The fourth-order valence-corrected chi connectivity index (χ4v) is 4.73. The Bertz CT molecular complexity index is 806. The molecule has 1 unspecified atom stereocenters. The van der Waals surface area contributed by atoms with Crippen molar-refractivity contribution in [3.63, 3.8) is 0 Å². The van der Waals surface area contributed by atoms with E-state index in [9.17, 15) is 0 Å². The molecule has 2 nitrogen and oxygen atoms in total. The Labute approximate surface area is 158 Å². The highest BCUT2D eigenvalue weighted by Gasteiger charge is 2.33. The van der Waals surface area contributed by atoms with Gasteiger partial charge in [0.15, 0.2) is 0 Å². The summed E-state index contributed by atoms with van der Waals surface area (Å²) in [6, 6.07) is 15.8. The van der Waals surface area contributed by atoms with Gasteiger partial charge in [-0.3, -0.25) is 0 Å². The Hall–Kier alpha value is -1.64. The fraction of sp³-hybridized carbons (Fsp3) is 0.500. The molecule has 0 amide bonds. The monoisotopic (exact) mass is 349 g/mol. The van der Waals surface area contributed by atoms with Crippen LogP contribution in [0.15, 0.2) is 42.5 Å². The van der Waals surface area contributed by atoms with Crippen molar-refractivity contribution in [2.75, 3.05) is 6.54 Å². The van der Waals surface area contributed by atoms with Crippen LogP contribution >= 0.6 is 0 Å². The Morgan fingerprint density at radius 1 is 0.923 bits per heavy atom. The SMILES string of the molecule is CC1(C)NCCCc2cc(C3CCc4ccccc4C(C)(C)O3)ccc21. The van der Waals surface area contributed by atoms with E-state index < -0.39 is 0 Å². The van der Waals surface area contributed by atoms with Crippen LogP contribution in [-0.2, 0) is 28.7 Å². The lowest BCUT2D eigenvalue weighted by Gasteiger charge is -2.31. The summed E-state index contributed by atoms with van der Waals surface area (Å²) in [5, 5.41) is 3.68. The number of hydrogen-bond donors (Lipinski definition) is 1. The summed E-state index contributed by atoms with van der Waals surface area (Å²) in [7, 11) is 0. The predicted octanol–water partition coefficient (Wildman–Crippen LogP) is 5.40. The Balaban J connectivity index is 1.68. The molecule has 138 valence electrons. The van der Waals surface area contributed by atoms with Crippen LogP contribution < -0.4 is 5.32 Å². The normalized spacial score (nSPS) is 24.1. The number of aryl methyl sites for hydroxylation is 2. The van der Waals surface area contributed by atoms with Gasteiger partial charge in [0.05, 0.1) is 11.7 Å². The molecule has 1 N–H and O–H groups in total. The molecule has 2 heterocycles. The van der Waals surface area contributed by atoms with Gasteiger partial charge in [0.1, 0.15) is 0 Å².